The Labute approximate surface area is 154 Å². The van der Waals surface area contributed by atoms with Gasteiger partial charge in [0.15, 0.2) is 5.96 Å². The predicted octanol–water partition coefficient (Wildman–Crippen LogP) is 0.160. The van der Waals surface area contributed by atoms with Gasteiger partial charge in [-0.15, -0.1) is 11.3 Å². The van der Waals surface area contributed by atoms with Crippen LogP contribution in [0, 0.1) is 0 Å². The van der Waals surface area contributed by atoms with Crippen LogP contribution in [0.5, 0.6) is 0 Å². The van der Waals surface area contributed by atoms with E-state index in [4.69, 9.17) is 4.74 Å². The number of methoxy groups -OCH3 is 1. The molecule has 1 aromatic heterocycles. The Morgan fingerprint density at radius 2 is 2.04 bits per heavy atom. The Kier molecular flexibility index (Phi) is 10.7. The average Bonchev–Trinajstić information content (AvgIpc) is 3.12. The molecule has 8 nitrogen and oxygen atoms in total. The molecule has 3 N–H and O–H groups in total. The Bertz CT molecular complexity index is 590. The first kappa shape index (κ1) is 21.8. The van der Waals surface area contributed by atoms with Gasteiger partial charge < -0.3 is 20.3 Å². The molecule has 1 aromatic rings. The van der Waals surface area contributed by atoms with Crippen LogP contribution in [0.2, 0.25) is 0 Å². The molecule has 0 unspecified atom stereocenters. The molecule has 0 aliphatic carbocycles. The summed E-state index contributed by atoms with van der Waals surface area (Å²) < 4.78 is 31.9. The molecule has 0 bridgehead atoms. The fraction of sp³-hybridized carbons (Fsp3) is 0.667. The first-order valence-electron chi connectivity index (χ1n) is 8.14. The second-order valence-corrected chi connectivity index (χ2v) is 8.35. The summed E-state index contributed by atoms with van der Waals surface area (Å²) in [6.45, 7) is 4.12. The second-order valence-electron chi connectivity index (χ2n) is 5.41. The van der Waals surface area contributed by atoms with E-state index in [1.807, 2.05) is 0 Å². The minimum Gasteiger partial charge on any atom is -0.385 e. The third-order valence-corrected chi connectivity index (χ3v) is 6.23. The molecular weight excluding hydrogens is 362 g/mol. The zero-order valence-corrected chi connectivity index (χ0v) is 16.8. The van der Waals surface area contributed by atoms with Gasteiger partial charge in [-0.1, -0.05) is 6.07 Å². The third kappa shape index (κ3) is 9.17. The minimum absolute atomic E-state index is 0.290. The van der Waals surface area contributed by atoms with Crippen LogP contribution in [-0.2, 0) is 14.8 Å². The average molecular weight is 392 g/mol. The normalized spacial score (nSPS) is 12.6. The van der Waals surface area contributed by atoms with E-state index >= 15 is 0 Å². The smallest absolute Gasteiger partial charge is 0.250 e. The monoisotopic (exact) mass is 391 g/mol. The van der Waals surface area contributed by atoms with E-state index in [2.05, 4.69) is 32.3 Å². The van der Waals surface area contributed by atoms with Crippen molar-refractivity contribution >= 4 is 27.3 Å². The SMILES string of the molecule is CN=C(NCCNS(=O)(=O)c1cccs1)NCCN(C)CCCOC. The van der Waals surface area contributed by atoms with Crippen LogP contribution in [0.25, 0.3) is 0 Å². The zero-order chi connectivity index (χ0) is 18.5. The molecule has 0 fully saturated rings. The number of guanidine groups is 1. The minimum atomic E-state index is -3.41. The highest BCUT2D eigenvalue weighted by molar-refractivity contribution is 7.91. The fourth-order valence-electron chi connectivity index (χ4n) is 2.03. The van der Waals surface area contributed by atoms with Crippen LogP contribution in [0.3, 0.4) is 0 Å². The van der Waals surface area contributed by atoms with E-state index in [0.29, 0.717) is 16.7 Å². The summed E-state index contributed by atoms with van der Waals surface area (Å²) in [6, 6.07) is 3.31. The summed E-state index contributed by atoms with van der Waals surface area (Å²) in [6.07, 6.45) is 1.00. The number of likely N-dealkylation sites (N-methyl/N-ethyl adjacent to an activating group) is 1. The lowest BCUT2D eigenvalue weighted by atomic mass is 10.4. The maximum atomic E-state index is 12.0. The first-order chi connectivity index (χ1) is 12.0. The molecule has 0 saturated carbocycles. The molecule has 0 aromatic carbocycles. The summed E-state index contributed by atoms with van der Waals surface area (Å²) in [5.74, 6) is 0.653. The zero-order valence-electron chi connectivity index (χ0n) is 15.1. The molecule has 0 atom stereocenters. The van der Waals surface area contributed by atoms with Crippen molar-refractivity contribution in [3.63, 3.8) is 0 Å². The Morgan fingerprint density at radius 1 is 1.28 bits per heavy atom. The Balaban J connectivity index is 2.18. The number of nitrogens with zero attached hydrogens (tertiary/aromatic N) is 2. The van der Waals surface area contributed by atoms with Crippen LogP contribution < -0.4 is 15.4 Å². The van der Waals surface area contributed by atoms with Crippen LogP contribution in [0.1, 0.15) is 6.42 Å². The Morgan fingerprint density at radius 3 is 2.68 bits per heavy atom. The second kappa shape index (κ2) is 12.2. The number of hydrogen-bond acceptors (Lipinski definition) is 6. The molecule has 10 heteroatoms. The van der Waals surface area contributed by atoms with Crippen molar-refractivity contribution in [3.8, 4) is 0 Å². The third-order valence-electron chi connectivity index (χ3n) is 3.37. The van der Waals surface area contributed by atoms with Gasteiger partial charge in [-0.05, 0) is 24.9 Å². The maximum Gasteiger partial charge on any atom is 0.250 e. The van der Waals surface area contributed by atoms with Crippen molar-refractivity contribution in [1.29, 1.82) is 0 Å². The fourth-order valence-corrected chi connectivity index (χ4v) is 4.10. The first-order valence-corrected chi connectivity index (χ1v) is 10.5. The van der Waals surface area contributed by atoms with Crippen molar-refractivity contribution in [2.75, 3.05) is 60.5 Å². The summed E-state index contributed by atoms with van der Waals surface area (Å²) in [4.78, 5) is 6.34. The van der Waals surface area contributed by atoms with Crippen molar-refractivity contribution in [3.05, 3.63) is 17.5 Å². The van der Waals surface area contributed by atoms with Crippen molar-refractivity contribution in [1.82, 2.24) is 20.3 Å². The summed E-state index contributed by atoms with van der Waals surface area (Å²) in [5.41, 5.74) is 0. The molecule has 0 amide bonds. The predicted molar refractivity (Wildman–Crippen MR) is 103 cm³/mol. The number of aliphatic imine (C=N–C) groups is 1. The van der Waals surface area contributed by atoms with Gasteiger partial charge in [-0.3, -0.25) is 4.99 Å². The van der Waals surface area contributed by atoms with Gasteiger partial charge in [0.1, 0.15) is 4.21 Å². The molecule has 144 valence electrons. The van der Waals surface area contributed by atoms with E-state index in [1.54, 1.807) is 31.7 Å². The van der Waals surface area contributed by atoms with Gasteiger partial charge in [0, 0.05) is 53.5 Å². The van der Waals surface area contributed by atoms with E-state index in [1.165, 1.54) is 11.3 Å². The van der Waals surface area contributed by atoms with E-state index in [-0.39, 0.29) is 6.54 Å². The van der Waals surface area contributed by atoms with Crippen molar-refractivity contribution < 1.29 is 13.2 Å². The lowest BCUT2D eigenvalue weighted by molar-refractivity contribution is 0.180. The number of ether oxygens (including phenoxy) is 1. The van der Waals surface area contributed by atoms with E-state index in [0.717, 1.165) is 32.7 Å². The lowest BCUT2D eigenvalue weighted by Crippen LogP contribution is -2.43. The number of rotatable bonds is 12. The van der Waals surface area contributed by atoms with Crippen molar-refractivity contribution in [2.24, 2.45) is 4.99 Å². The summed E-state index contributed by atoms with van der Waals surface area (Å²) >= 11 is 1.20. The standard InChI is InChI=1S/C15H29N5O3S2/c1-16-15(18-9-11-20(2)10-5-12-23-3)17-7-8-19-25(21,22)14-6-4-13-24-14/h4,6,13,19H,5,7-12H2,1-3H3,(H2,16,17,18). The number of hydrogen-bond donors (Lipinski definition) is 3. The molecule has 1 rings (SSSR count). The molecule has 0 aliphatic rings. The molecule has 25 heavy (non-hydrogen) atoms. The summed E-state index contributed by atoms with van der Waals surface area (Å²) in [5, 5.41) is 8.04. The lowest BCUT2D eigenvalue weighted by Gasteiger charge is -2.18. The highest BCUT2D eigenvalue weighted by Gasteiger charge is 2.13. The van der Waals surface area contributed by atoms with Gasteiger partial charge in [-0.25, -0.2) is 13.1 Å². The van der Waals surface area contributed by atoms with Gasteiger partial charge in [-0.2, -0.15) is 0 Å². The summed E-state index contributed by atoms with van der Waals surface area (Å²) in [7, 11) is 2.05. The molecule has 1 heterocycles. The Hall–Kier alpha value is -1.20. The molecule has 0 radical (unpaired) electrons. The van der Waals surface area contributed by atoms with Gasteiger partial charge in [0.05, 0.1) is 0 Å². The molecule has 0 saturated heterocycles. The topological polar surface area (TPSA) is 95.1 Å². The molecular formula is C15H29N5O3S2. The van der Waals surface area contributed by atoms with Gasteiger partial charge >= 0.3 is 0 Å². The van der Waals surface area contributed by atoms with Crippen molar-refractivity contribution in [2.45, 2.75) is 10.6 Å². The molecule has 0 spiro atoms. The van der Waals surface area contributed by atoms with Crippen LogP contribution >= 0.6 is 11.3 Å². The van der Waals surface area contributed by atoms with Crippen LogP contribution in [0.15, 0.2) is 26.7 Å². The number of sulfonamides is 1. The highest BCUT2D eigenvalue weighted by atomic mass is 32.2. The van der Waals surface area contributed by atoms with E-state index < -0.39 is 10.0 Å². The number of thiophene rings is 1. The highest BCUT2D eigenvalue weighted by Crippen LogP contribution is 2.14. The largest absolute Gasteiger partial charge is 0.385 e. The van der Waals surface area contributed by atoms with E-state index in [9.17, 15) is 8.42 Å². The van der Waals surface area contributed by atoms with Gasteiger partial charge in [0.25, 0.3) is 0 Å². The van der Waals surface area contributed by atoms with Gasteiger partial charge in [0.2, 0.25) is 10.0 Å². The molecule has 0 aliphatic heterocycles. The number of nitrogens with one attached hydrogen (secondary N) is 3. The maximum absolute atomic E-state index is 12.0. The van der Waals surface area contributed by atoms with Crippen LogP contribution in [0.4, 0.5) is 0 Å². The quantitative estimate of drug-likeness (QED) is 0.267. The van der Waals surface area contributed by atoms with Crippen LogP contribution in [-0.4, -0.2) is 79.8 Å².